The number of fused-ring (bicyclic) bond motifs is 3. The number of aliphatic hydroxyl groups excluding tert-OH is 1. The first kappa shape index (κ1) is 24.1. The Hall–Kier alpha value is -2.51. The summed E-state index contributed by atoms with van der Waals surface area (Å²) >= 11 is 1.68. The number of alkyl carbamates (subject to hydrolysis) is 1. The molecular weight excluding hydrogens is 426 g/mol. The third-order valence-corrected chi connectivity index (χ3v) is 6.78. The van der Waals surface area contributed by atoms with Crippen LogP contribution >= 0.6 is 11.8 Å². The van der Waals surface area contributed by atoms with Crippen LogP contribution in [-0.4, -0.2) is 53.0 Å². The van der Waals surface area contributed by atoms with E-state index >= 15 is 0 Å². The Balaban J connectivity index is 1.45. The van der Waals surface area contributed by atoms with Gasteiger partial charge in [0.1, 0.15) is 12.6 Å². The molecule has 0 saturated heterocycles. The number of thioether (sulfide) groups is 1. The second-order valence-electron chi connectivity index (χ2n) is 7.90. The molecule has 3 rings (SSSR count). The van der Waals surface area contributed by atoms with Gasteiger partial charge in [-0.15, -0.1) is 0 Å². The molecule has 7 heteroatoms. The summed E-state index contributed by atoms with van der Waals surface area (Å²) in [4.78, 5) is 23.9. The maximum atomic E-state index is 12.4. The quantitative estimate of drug-likeness (QED) is 0.379. The number of nitrogens with one attached hydrogen (secondary N) is 1. The van der Waals surface area contributed by atoms with Gasteiger partial charge in [0, 0.05) is 12.5 Å². The summed E-state index contributed by atoms with van der Waals surface area (Å²) < 4.78 is 5.46. The number of carboxylic acid groups (broad SMARTS) is 1. The van der Waals surface area contributed by atoms with Crippen molar-refractivity contribution in [1.29, 1.82) is 0 Å². The van der Waals surface area contributed by atoms with Crippen LogP contribution < -0.4 is 5.32 Å². The van der Waals surface area contributed by atoms with Crippen LogP contribution in [0.2, 0.25) is 0 Å². The van der Waals surface area contributed by atoms with Gasteiger partial charge in [0.15, 0.2) is 0 Å². The number of unbranched alkanes of at least 4 members (excludes halogenated alkanes) is 3. The molecule has 0 spiro atoms. The van der Waals surface area contributed by atoms with Gasteiger partial charge in [0.05, 0.1) is 0 Å². The molecule has 0 heterocycles. The Labute approximate surface area is 193 Å². The van der Waals surface area contributed by atoms with E-state index in [9.17, 15) is 14.7 Å². The summed E-state index contributed by atoms with van der Waals surface area (Å²) in [7, 11) is 0. The molecular formula is C25H31NO5S. The molecule has 2 aromatic carbocycles. The molecule has 1 unspecified atom stereocenters. The fourth-order valence-corrected chi connectivity index (χ4v) is 5.03. The van der Waals surface area contributed by atoms with Gasteiger partial charge >= 0.3 is 12.1 Å². The number of aliphatic hydroxyl groups is 1. The lowest BCUT2D eigenvalue weighted by molar-refractivity contribution is -0.139. The molecule has 0 aliphatic heterocycles. The minimum Gasteiger partial charge on any atom is -0.480 e. The van der Waals surface area contributed by atoms with E-state index in [1.807, 2.05) is 36.4 Å². The Kier molecular flexibility index (Phi) is 9.43. The molecule has 0 bridgehead atoms. The van der Waals surface area contributed by atoms with Crippen LogP contribution in [0.15, 0.2) is 48.5 Å². The average Bonchev–Trinajstić information content (AvgIpc) is 3.12. The lowest BCUT2D eigenvalue weighted by Gasteiger charge is -2.17. The highest BCUT2D eigenvalue weighted by Gasteiger charge is 2.29. The molecule has 1 atom stereocenters. The minimum absolute atomic E-state index is 0.0576. The number of carbonyl (C=O) groups is 2. The highest BCUT2D eigenvalue weighted by Crippen LogP contribution is 2.44. The van der Waals surface area contributed by atoms with Crippen molar-refractivity contribution in [1.82, 2.24) is 5.32 Å². The first-order valence-corrected chi connectivity index (χ1v) is 12.3. The van der Waals surface area contributed by atoms with E-state index in [0.717, 1.165) is 53.7 Å². The summed E-state index contributed by atoms with van der Waals surface area (Å²) in [6, 6.07) is 15.2. The lowest BCUT2D eigenvalue weighted by Crippen LogP contribution is -2.41. The molecule has 0 aromatic heterocycles. The zero-order valence-corrected chi connectivity index (χ0v) is 19.0. The molecule has 0 radical (unpaired) electrons. The average molecular weight is 458 g/mol. The van der Waals surface area contributed by atoms with Crippen LogP contribution in [0.25, 0.3) is 11.1 Å². The summed E-state index contributed by atoms with van der Waals surface area (Å²) in [6.45, 7) is 0.393. The summed E-state index contributed by atoms with van der Waals surface area (Å²) in [5, 5.41) is 20.7. The fourth-order valence-electron chi connectivity index (χ4n) is 4.01. The Bertz CT molecular complexity index is 858. The summed E-state index contributed by atoms with van der Waals surface area (Å²) in [5.74, 6) is 0.489. The number of hydrogen-bond donors (Lipinski definition) is 3. The van der Waals surface area contributed by atoms with Gasteiger partial charge in [-0.05, 0) is 53.0 Å². The molecule has 32 heavy (non-hydrogen) atoms. The highest BCUT2D eigenvalue weighted by molar-refractivity contribution is 7.99. The third-order valence-electron chi connectivity index (χ3n) is 5.68. The molecule has 2 aromatic rings. The van der Waals surface area contributed by atoms with E-state index in [0.29, 0.717) is 12.2 Å². The summed E-state index contributed by atoms with van der Waals surface area (Å²) in [6.07, 6.45) is 3.60. The van der Waals surface area contributed by atoms with Crippen LogP contribution in [0.1, 0.15) is 49.1 Å². The fraction of sp³-hybridized carbons (Fsp3) is 0.440. The van der Waals surface area contributed by atoms with Gasteiger partial charge in [0.25, 0.3) is 0 Å². The third kappa shape index (κ3) is 6.50. The molecule has 1 aliphatic rings. The van der Waals surface area contributed by atoms with Crippen molar-refractivity contribution < 1.29 is 24.5 Å². The van der Waals surface area contributed by atoms with Crippen molar-refractivity contribution in [2.75, 3.05) is 24.7 Å². The van der Waals surface area contributed by atoms with E-state index in [-0.39, 0.29) is 19.1 Å². The van der Waals surface area contributed by atoms with Crippen LogP contribution in [0.3, 0.4) is 0 Å². The van der Waals surface area contributed by atoms with Crippen molar-refractivity contribution in [3.8, 4) is 11.1 Å². The van der Waals surface area contributed by atoms with Gasteiger partial charge in [0.2, 0.25) is 0 Å². The molecule has 0 saturated carbocycles. The maximum absolute atomic E-state index is 12.4. The Morgan fingerprint density at radius 1 is 0.938 bits per heavy atom. The van der Waals surface area contributed by atoms with Crippen molar-refractivity contribution in [2.24, 2.45) is 0 Å². The van der Waals surface area contributed by atoms with Gasteiger partial charge in [-0.2, -0.15) is 11.8 Å². The van der Waals surface area contributed by atoms with Crippen molar-refractivity contribution in [3.05, 3.63) is 59.7 Å². The number of hydrogen-bond acceptors (Lipinski definition) is 5. The molecule has 3 N–H and O–H groups in total. The second-order valence-corrected chi connectivity index (χ2v) is 9.12. The zero-order valence-electron chi connectivity index (χ0n) is 18.2. The second kappa shape index (κ2) is 12.5. The zero-order chi connectivity index (χ0) is 22.8. The van der Waals surface area contributed by atoms with Crippen LogP contribution in [-0.2, 0) is 9.53 Å². The van der Waals surface area contributed by atoms with E-state index in [1.165, 1.54) is 0 Å². The van der Waals surface area contributed by atoms with Crippen LogP contribution in [0.5, 0.6) is 0 Å². The number of benzene rings is 2. The number of aliphatic carboxylic acids is 1. The number of ether oxygens (including phenoxy) is 1. The van der Waals surface area contributed by atoms with Crippen LogP contribution in [0, 0.1) is 0 Å². The molecule has 172 valence electrons. The molecule has 0 fully saturated rings. The lowest BCUT2D eigenvalue weighted by atomic mass is 9.98. The predicted molar refractivity (Wildman–Crippen MR) is 127 cm³/mol. The minimum atomic E-state index is -1.05. The largest absolute Gasteiger partial charge is 0.480 e. The monoisotopic (exact) mass is 457 g/mol. The topological polar surface area (TPSA) is 95.9 Å². The Morgan fingerprint density at radius 3 is 2.19 bits per heavy atom. The van der Waals surface area contributed by atoms with E-state index in [1.54, 1.807) is 11.8 Å². The summed E-state index contributed by atoms with van der Waals surface area (Å²) in [5.41, 5.74) is 4.53. The van der Waals surface area contributed by atoms with Gasteiger partial charge in [-0.25, -0.2) is 9.59 Å². The van der Waals surface area contributed by atoms with Crippen molar-refractivity contribution in [2.45, 2.75) is 44.1 Å². The number of carboxylic acids is 1. The van der Waals surface area contributed by atoms with Crippen molar-refractivity contribution >= 4 is 23.8 Å². The molecule has 1 amide bonds. The normalized spacial score (nSPS) is 13.3. The smallest absolute Gasteiger partial charge is 0.407 e. The highest BCUT2D eigenvalue weighted by atomic mass is 32.2. The number of carbonyl (C=O) groups excluding carboxylic acids is 1. The van der Waals surface area contributed by atoms with Gasteiger partial charge < -0.3 is 20.3 Å². The standard InChI is InChI=1S/C25H31NO5S/c27-14-7-1-2-8-15-32-16-13-23(24(28)29)26-25(30)31-17-22-20-11-5-3-9-18(20)19-10-4-6-12-21(19)22/h3-6,9-12,22-23,27H,1-2,7-8,13-17H2,(H,26,30)(H,28,29). The predicted octanol–water partition coefficient (Wildman–Crippen LogP) is 4.65. The maximum Gasteiger partial charge on any atom is 0.407 e. The Morgan fingerprint density at radius 2 is 1.56 bits per heavy atom. The van der Waals surface area contributed by atoms with E-state index in [4.69, 9.17) is 9.84 Å². The van der Waals surface area contributed by atoms with Gasteiger partial charge in [-0.1, -0.05) is 61.4 Å². The first-order valence-electron chi connectivity index (χ1n) is 11.1. The van der Waals surface area contributed by atoms with E-state index in [2.05, 4.69) is 17.4 Å². The van der Waals surface area contributed by atoms with Crippen LogP contribution in [0.4, 0.5) is 4.79 Å². The first-order chi connectivity index (χ1) is 15.6. The molecule has 1 aliphatic carbocycles. The van der Waals surface area contributed by atoms with E-state index < -0.39 is 18.1 Å². The molecule has 6 nitrogen and oxygen atoms in total. The SMILES string of the molecule is O=C(NC(CCSCCCCCCO)C(=O)O)OCC1c2ccccc2-c2ccccc21. The van der Waals surface area contributed by atoms with Gasteiger partial charge in [-0.3, -0.25) is 0 Å². The number of amides is 1. The number of rotatable bonds is 13. The van der Waals surface area contributed by atoms with Crippen molar-refractivity contribution in [3.63, 3.8) is 0 Å².